The van der Waals surface area contributed by atoms with Gasteiger partial charge in [0.15, 0.2) is 0 Å². The van der Waals surface area contributed by atoms with Crippen molar-refractivity contribution in [3.05, 3.63) is 0 Å². The number of carbonyl (C=O) groups excluding carboxylic acids is 1. The second kappa shape index (κ2) is 10.4. The van der Waals surface area contributed by atoms with Gasteiger partial charge in [-0.2, -0.15) is 0 Å². The number of carboxylic acid groups (broad SMARTS) is 1. The first kappa shape index (κ1) is 19.7. The van der Waals surface area contributed by atoms with E-state index in [4.69, 9.17) is 5.11 Å². The van der Waals surface area contributed by atoms with Gasteiger partial charge in [0, 0.05) is 26.6 Å². The van der Waals surface area contributed by atoms with E-state index in [1.54, 1.807) is 11.9 Å². The molecule has 2 amide bonds. The molecule has 6 heteroatoms. The van der Waals surface area contributed by atoms with Crippen molar-refractivity contribution < 1.29 is 14.7 Å². The highest BCUT2D eigenvalue weighted by Crippen LogP contribution is 2.14. The van der Waals surface area contributed by atoms with Crippen LogP contribution in [0.25, 0.3) is 0 Å². The van der Waals surface area contributed by atoms with E-state index in [2.05, 4.69) is 24.1 Å². The Labute approximate surface area is 128 Å². The Hall–Kier alpha value is -1.30. The number of carboxylic acids is 1. The molecule has 0 rings (SSSR count). The summed E-state index contributed by atoms with van der Waals surface area (Å²) in [5.41, 5.74) is 0. The van der Waals surface area contributed by atoms with Gasteiger partial charge in [0.2, 0.25) is 0 Å². The summed E-state index contributed by atoms with van der Waals surface area (Å²) in [7, 11) is 5.77. The Bertz CT molecular complexity index is 319. The fraction of sp³-hybridized carbons (Fsp3) is 0.867. The predicted octanol–water partition coefficient (Wildman–Crippen LogP) is 1.72. The maximum absolute atomic E-state index is 11.9. The number of aliphatic carboxylic acids is 1. The quantitative estimate of drug-likeness (QED) is 0.644. The van der Waals surface area contributed by atoms with Gasteiger partial charge in [-0.15, -0.1) is 0 Å². The van der Waals surface area contributed by atoms with Gasteiger partial charge in [-0.1, -0.05) is 13.8 Å². The lowest BCUT2D eigenvalue weighted by atomic mass is 9.94. The molecule has 21 heavy (non-hydrogen) atoms. The van der Waals surface area contributed by atoms with Crippen molar-refractivity contribution in [3.63, 3.8) is 0 Å². The monoisotopic (exact) mass is 301 g/mol. The lowest BCUT2D eigenvalue weighted by Gasteiger charge is -2.22. The Morgan fingerprint density at radius 3 is 2.24 bits per heavy atom. The first-order valence-electron chi connectivity index (χ1n) is 7.57. The van der Waals surface area contributed by atoms with Gasteiger partial charge in [0.25, 0.3) is 0 Å². The summed E-state index contributed by atoms with van der Waals surface area (Å²) < 4.78 is 0. The Balaban J connectivity index is 4.12. The van der Waals surface area contributed by atoms with Crippen LogP contribution in [0.5, 0.6) is 0 Å². The third-order valence-corrected chi connectivity index (χ3v) is 3.26. The highest BCUT2D eigenvalue weighted by atomic mass is 16.4. The van der Waals surface area contributed by atoms with Crippen LogP contribution in [0.15, 0.2) is 0 Å². The molecule has 2 N–H and O–H groups in total. The zero-order valence-corrected chi connectivity index (χ0v) is 14.1. The SMILES string of the molecule is CC(C)C[C@H](CNC(=O)N(C)CCCN(C)C)CC(=O)O. The Morgan fingerprint density at radius 2 is 1.76 bits per heavy atom. The smallest absolute Gasteiger partial charge is 0.317 e. The second-order valence-corrected chi connectivity index (χ2v) is 6.36. The van der Waals surface area contributed by atoms with Gasteiger partial charge in [-0.05, 0) is 45.3 Å². The molecule has 0 bridgehead atoms. The van der Waals surface area contributed by atoms with Crippen LogP contribution in [0.3, 0.4) is 0 Å². The lowest BCUT2D eigenvalue weighted by Crippen LogP contribution is -2.41. The predicted molar refractivity (Wildman–Crippen MR) is 84.4 cm³/mol. The molecule has 0 aromatic rings. The molecule has 0 fully saturated rings. The summed E-state index contributed by atoms with van der Waals surface area (Å²) in [6, 6.07) is -0.132. The van der Waals surface area contributed by atoms with Gasteiger partial charge in [0.05, 0.1) is 0 Å². The van der Waals surface area contributed by atoms with Crippen molar-refractivity contribution in [1.82, 2.24) is 15.1 Å². The number of urea groups is 1. The fourth-order valence-corrected chi connectivity index (χ4v) is 2.24. The molecular formula is C15H31N3O3. The molecule has 0 heterocycles. The minimum absolute atomic E-state index is 0.0124. The molecule has 0 aromatic heterocycles. The molecule has 0 saturated carbocycles. The molecule has 0 radical (unpaired) electrons. The van der Waals surface area contributed by atoms with Crippen LogP contribution in [-0.4, -0.2) is 67.7 Å². The van der Waals surface area contributed by atoms with Crippen LogP contribution in [0, 0.1) is 11.8 Å². The van der Waals surface area contributed by atoms with Crippen LogP contribution in [-0.2, 0) is 4.79 Å². The second-order valence-electron chi connectivity index (χ2n) is 6.36. The maximum atomic E-state index is 11.9. The molecule has 0 spiro atoms. The standard InChI is InChI=1S/C15H31N3O3/c1-12(2)9-13(10-14(19)20)11-16-15(21)18(5)8-6-7-17(3)4/h12-13H,6-11H2,1-5H3,(H,16,21)(H,19,20)/t13-/m0/s1. The number of amides is 2. The van der Waals surface area contributed by atoms with Crippen molar-refractivity contribution in [1.29, 1.82) is 0 Å². The van der Waals surface area contributed by atoms with Crippen molar-refractivity contribution in [2.75, 3.05) is 40.8 Å². The number of hydrogen-bond donors (Lipinski definition) is 2. The van der Waals surface area contributed by atoms with Gasteiger partial charge in [0.1, 0.15) is 0 Å². The van der Waals surface area contributed by atoms with Gasteiger partial charge in [-0.3, -0.25) is 4.79 Å². The van der Waals surface area contributed by atoms with Gasteiger partial charge >= 0.3 is 12.0 Å². The summed E-state index contributed by atoms with van der Waals surface area (Å²) in [5, 5.41) is 11.8. The van der Waals surface area contributed by atoms with Crippen LogP contribution < -0.4 is 5.32 Å². The van der Waals surface area contributed by atoms with Gasteiger partial charge < -0.3 is 20.2 Å². The number of nitrogens with zero attached hydrogens (tertiary/aromatic N) is 2. The van der Waals surface area contributed by atoms with Crippen molar-refractivity contribution >= 4 is 12.0 Å². The number of carbonyl (C=O) groups is 2. The lowest BCUT2D eigenvalue weighted by molar-refractivity contribution is -0.138. The first-order chi connectivity index (χ1) is 9.72. The van der Waals surface area contributed by atoms with Crippen LogP contribution in [0.2, 0.25) is 0 Å². The Kier molecular flexibility index (Phi) is 9.78. The van der Waals surface area contributed by atoms with E-state index in [9.17, 15) is 9.59 Å². The van der Waals surface area contributed by atoms with E-state index in [1.165, 1.54) is 0 Å². The molecule has 124 valence electrons. The number of hydrogen-bond acceptors (Lipinski definition) is 3. The highest BCUT2D eigenvalue weighted by Gasteiger charge is 2.17. The van der Waals surface area contributed by atoms with Crippen molar-refractivity contribution in [2.45, 2.75) is 33.1 Å². The molecule has 1 atom stereocenters. The average molecular weight is 301 g/mol. The van der Waals surface area contributed by atoms with E-state index < -0.39 is 5.97 Å². The third kappa shape index (κ3) is 11.1. The summed E-state index contributed by atoms with van der Waals surface area (Å²) >= 11 is 0. The average Bonchev–Trinajstić information content (AvgIpc) is 2.33. The summed E-state index contributed by atoms with van der Waals surface area (Å²) in [4.78, 5) is 26.5. The van der Waals surface area contributed by atoms with Crippen molar-refractivity contribution in [2.24, 2.45) is 11.8 Å². The van der Waals surface area contributed by atoms with E-state index in [1.807, 2.05) is 14.1 Å². The molecule has 0 aliphatic carbocycles. The van der Waals surface area contributed by atoms with Crippen LogP contribution in [0.4, 0.5) is 4.79 Å². The van der Waals surface area contributed by atoms with Crippen molar-refractivity contribution in [3.8, 4) is 0 Å². The normalized spacial score (nSPS) is 12.5. The zero-order valence-electron chi connectivity index (χ0n) is 14.1. The summed E-state index contributed by atoms with van der Waals surface area (Å²) in [5.74, 6) is -0.403. The zero-order chi connectivity index (χ0) is 16.4. The van der Waals surface area contributed by atoms with Crippen LogP contribution in [0.1, 0.15) is 33.1 Å². The van der Waals surface area contributed by atoms with Gasteiger partial charge in [-0.25, -0.2) is 4.79 Å². The molecule has 0 aromatic carbocycles. The van der Waals surface area contributed by atoms with E-state index in [0.29, 0.717) is 19.0 Å². The molecule has 0 unspecified atom stereocenters. The molecule has 6 nitrogen and oxygen atoms in total. The number of nitrogens with one attached hydrogen (secondary N) is 1. The summed E-state index contributed by atoms with van der Waals surface area (Å²) in [6.07, 6.45) is 1.82. The van der Waals surface area contributed by atoms with E-state index in [0.717, 1.165) is 19.4 Å². The molecule has 0 saturated heterocycles. The number of rotatable bonds is 10. The fourth-order valence-electron chi connectivity index (χ4n) is 2.24. The van der Waals surface area contributed by atoms with E-state index >= 15 is 0 Å². The largest absolute Gasteiger partial charge is 0.481 e. The maximum Gasteiger partial charge on any atom is 0.317 e. The van der Waals surface area contributed by atoms with Crippen LogP contribution >= 0.6 is 0 Å². The molecule has 0 aliphatic heterocycles. The van der Waals surface area contributed by atoms with E-state index in [-0.39, 0.29) is 18.4 Å². The highest BCUT2D eigenvalue weighted by molar-refractivity contribution is 5.74. The molecule has 0 aliphatic rings. The third-order valence-electron chi connectivity index (χ3n) is 3.26. The minimum Gasteiger partial charge on any atom is -0.481 e. The first-order valence-corrected chi connectivity index (χ1v) is 7.57. The topological polar surface area (TPSA) is 72.9 Å². The summed E-state index contributed by atoms with van der Waals surface area (Å²) in [6.45, 7) is 6.17. The Morgan fingerprint density at radius 1 is 1.14 bits per heavy atom. The molecular weight excluding hydrogens is 270 g/mol. The minimum atomic E-state index is -0.811.